The second kappa shape index (κ2) is 13.1. The maximum atomic E-state index is 15.0. The van der Waals surface area contributed by atoms with E-state index in [-0.39, 0.29) is 49.9 Å². The molecule has 0 N–H and O–H groups in total. The van der Waals surface area contributed by atoms with Crippen molar-refractivity contribution in [1.29, 1.82) is 0 Å². The average molecular weight is 679 g/mol. The van der Waals surface area contributed by atoms with Crippen LogP contribution in [0.5, 0.6) is 0 Å². The van der Waals surface area contributed by atoms with Crippen molar-refractivity contribution in [2.75, 3.05) is 13.6 Å². The highest BCUT2D eigenvalue weighted by Crippen LogP contribution is 2.43. The fourth-order valence-corrected chi connectivity index (χ4v) is 4.51. The molecule has 0 fully saturated rings. The van der Waals surface area contributed by atoms with Gasteiger partial charge in [0.15, 0.2) is 0 Å². The first kappa shape index (κ1) is 34.5. The molecule has 0 spiro atoms. The van der Waals surface area contributed by atoms with E-state index in [9.17, 15) is 39.5 Å². The molecular formula is C24H16Cl3F10NS2. The molecule has 0 aliphatic carbocycles. The molecule has 0 saturated heterocycles. The number of thiocarbonyl (C=S) groups is 2. The summed E-state index contributed by atoms with van der Waals surface area (Å²) in [5, 5.41) is -0.950. The van der Waals surface area contributed by atoms with Crippen LogP contribution in [-0.2, 0) is 6.18 Å². The standard InChI is InChI=1S/C24H16Cl3F10NS2/c1-38(10-22(29,30)31)20(40)5-4-19(39)13-3-2-11(6-15(13)24(35,36)37)18(28)9-14(23(32,33)34)12-7-16(25)21(27)17(26)8-12/h2-3,6-9,14H,4-5,10H2,1H3/b18-9-. The number of hydrogen-bond acceptors (Lipinski definition) is 2. The maximum absolute atomic E-state index is 15.0. The molecular weight excluding hydrogens is 663 g/mol. The number of hydrogen-bond donors (Lipinski definition) is 0. The van der Waals surface area contributed by atoms with Gasteiger partial charge in [-0.05, 0) is 36.3 Å². The lowest BCUT2D eigenvalue weighted by molar-refractivity contribution is -0.140. The third-order valence-corrected chi connectivity index (χ3v) is 7.48. The van der Waals surface area contributed by atoms with Crippen molar-refractivity contribution in [2.24, 2.45) is 0 Å². The van der Waals surface area contributed by atoms with Gasteiger partial charge in [-0.3, -0.25) is 0 Å². The number of rotatable bonds is 8. The predicted molar refractivity (Wildman–Crippen MR) is 143 cm³/mol. The van der Waals surface area contributed by atoms with Crippen LogP contribution in [0.1, 0.15) is 41.0 Å². The molecule has 0 bridgehead atoms. The Balaban J connectivity index is 2.42. The largest absolute Gasteiger partial charge is 0.417 e. The minimum Gasteiger partial charge on any atom is -0.360 e. The first-order valence-electron chi connectivity index (χ1n) is 10.8. The second-order valence-corrected chi connectivity index (χ2v) is 10.5. The maximum Gasteiger partial charge on any atom is 0.417 e. The fraction of sp³-hybridized carbons (Fsp3) is 0.333. The van der Waals surface area contributed by atoms with Crippen molar-refractivity contribution in [2.45, 2.75) is 37.3 Å². The van der Waals surface area contributed by atoms with Gasteiger partial charge in [0.1, 0.15) is 18.3 Å². The lowest BCUT2D eigenvalue weighted by Crippen LogP contribution is -2.35. The van der Waals surface area contributed by atoms with Gasteiger partial charge in [-0.25, -0.2) is 4.39 Å². The Hall–Kier alpha value is -1.67. The predicted octanol–water partition coefficient (Wildman–Crippen LogP) is 10.6. The van der Waals surface area contributed by atoms with E-state index in [0.717, 1.165) is 31.3 Å². The third kappa shape index (κ3) is 9.43. The Morgan fingerprint density at radius 2 is 1.45 bits per heavy atom. The van der Waals surface area contributed by atoms with Crippen LogP contribution < -0.4 is 0 Å². The first-order chi connectivity index (χ1) is 18.1. The van der Waals surface area contributed by atoms with E-state index in [1.165, 1.54) is 0 Å². The van der Waals surface area contributed by atoms with Crippen LogP contribution in [0.3, 0.4) is 0 Å². The highest BCUT2D eigenvalue weighted by Gasteiger charge is 2.41. The molecule has 0 aliphatic heterocycles. The Kier molecular flexibility index (Phi) is 11.3. The summed E-state index contributed by atoms with van der Waals surface area (Å²) in [7, 11) is 1.06. The van der Waals surface area contributed by atoms with Crippen LogP contribution in [0.4, 0.5) is 43.9 Å². The van der Waals surface area contributed by atoms with Crippen molar-refractivity contribution >= 4 is 74.9 Å². The number of allylic oxidation sites excluding steroid dienone is 1. The van der Waals surface area contributed by atoms with Gasteiger partial charge in [-0.1, -0.05) is 71.4 Å². The molecule has 1 atom stereocenters. The zero-order valence-electron chi connectivity index (χ0n) is 19.8. The highest BCUT2D eigenvalue weighted by molar-refractivity contribution is 7.81. The zero-order valence-corrected chi connectivity index (χ0v) is 23.7. The lowest BCUT2D eigenvalue weighted by atomic mass is 9.94. The van der Waals surface area contributed by atoms with Crippen LogP contribution >= 0.6 is 59.2 Å². The van der Waals surface area contributed by atoms with E-state index in [2.05, 4.69) is 0 Å². The second-order valence-electron chi connectivity index (χ2n) is 8.38. The highest BCUT2D eigenvalue weighted by atomic mass is 35.5. The smallest absolute Gasteiger partial charge is 0.360 e. The normalized spacial score (nSPS) is 13.8. The summed E-state index contributed by atoms with van der Waals surface area (Å²) >= 11 is 27.2. The number of benzene rings is 2. The van der Waals surface area contributed by atoms with Crippen molar-refractivity contribution in [3.8, 4) is 0 Å². The fourth-order valence-electron chi connectivity index (χ4n) is 3.45. The number of nitrogens with zero attached hydrogens (tertiary/aromatic N) is 1. The van der Waals surface area contributed by atoms with E-state index in [4.69, 9.17) is 59.2 Å². The van der Waals surface area contributed by atoms with Crippen LogP contribution in [-0.4, -0.2) is 40.7 Å². The molecule has 2 aromatic rings. The van der Waals surface area contributed by atoms with Crippen molar-refractivity contribution in [3.05, 3.63) is 73.7 Å². The van der Waals surface area contributed by atoms with Gasteiger partial charge in [-0.2, -0.15) is 39.5 Å². The number of halogens is 13. The van der Waals surface area contributed by atoms with Gasteiger partial charge in [0.2, 0.25) is 0 Å². The summed E-state index contributed by atoms with van der Waals surface area (Å²) in [5.41, 5.74) is -3.49. The molecule has 220 valence electrons. The van der Waals surface area contributed by atoms with Crippen LogP contribution in [0.2, 0.25) is 15.1 Å². The van der Waals surface area contributed by atoms with Crippen LogP contribution in [0.25, 0.3) is 5.83 Å². The molecule has 1 nitrogen and oxygen atoms in total. The summed E-state index contributed by atoms with van der Waals surface area (Å²) in [6.45, 7) is -1.37. The first-order valence-corrected chi connectivity index (χ1v) is 12.7. The Labute approximate surface area is 247 Å². The molecule has 16 heteroatoms. The minimum atomic E-state index is -5.11. The van der Waals surface area contributed by atoms with Gasteiger partial charge >= 0.3 is 18.5 Å². The van der Waals surface area contributed by atoms with Crippen LogP contribution in [0, 0.1) is 0 Å². The Bertz CT molecular complexity index is 1280. The van der Waals surface area contributed by atoms with Crippen molar-refractivity contribution < 1.29 is 43.9 Å². The Morgan fingerprint density at radius 1 is 0.900 bits per heavy atom. The van der Waals surface area contributed by atoms with E-state index in [1.54, 1.807) is 0 Å². The molecule has 1 unspecified atom stereocenters. The van der Waals surface area contributed by atoms with E-state index < -0.39 is 59.1 Å². The van der Waals surface area contributed by atoms with Gasteiger partial charge in [0, 0.05) is 29.5 Å². The van der Waals surface area contributed by atoms with Crippen LogP contribution in [0.15, 0.2) is 36.4 Å². The molecule has 0 radical (unpaired) electrons. The molecule has 2 aromatic carbocycles. The van der Waals surface area contributed by atoms with E-state index in [1.807, 2.05) is 0 Å². The summed E-state index contributed by atoms with van der Waals surface area (Å²) in [6, 6.07) is 3.46. The monoisotopic (exact) mass is 677 g/mol. The van der Waals surface area contributed by atoms with E-state index >= 15 is 4.39 Å². The molecule has 0 saturated carbocycles. The topological polar surface area (TPSA) is 3.24 Å². The average Bonchev–Trinajstić information content (AvgIpc) is 2.80. The van der Waals surface area contributed by atoms with Gasteiger partial charge in [-0.15, -0.1) is 0 Å². The van der Waals surface area contributed by atoms with Gasteiger partial charge in [0.25, 0.3) is 0 Å². The minimum absolute atomic E-state index is 0.0678. The quantitative estimate of drug-likeness (QED) is 0.118. The van der Waals surface area contributed by atoms with E-state index in [0.29, 0.717) is 4.90 Å². The molecule has 0 heterocycles. The lowest BCUT2D eigenvalue weighted by Gasteiger charge is -2.22. The molecule has 0 aliphatic rings. The Morgan fingerprint density at radius 3 is 1.93 bits per heavy atom. The zero-order chi connectivity index (χ0) is 30.8. The van der Waals surface area contributed by atoms with Crippen molar-refractivity contribution in [3.63, 3.8) is 0 Å². The summed E-state index contributed by atoms with van der Waals surface area (Å²) < 4.78 is 135. The van der Waals surface area contributed by atoms with Gasteiger partial charge < -0.3 is 4.90 Å². The summed E-state index contributed by atoms with van der Waals surface area (Å²) in [4.78, 5) is 0.147. The summed E-state index contributed by atoms with van der Waals surface area (Å²) in [6.07, 6.45) is -15.3. The number of alkyl halides is 9. The molecule has 0 aromatic heterocycles. The molecule has 40 heavy (non-hydrogen) atoms. The molecule has 0 amide bonds. The molecule has 2 rings (SSSR count). The van der Waals surface area contributed by atoms with Crippen molar-refractivity contribution in [1.82, 2.24) is 4.90 Å². The SMILES string of the molecule is CN(CC(F)(F)F)C(=S)CCC(=S)c1ccc(/C(F)=C/C(c2cc(Cl)c(Cl)c(Cl)c2)C(F)(F)F)cc1C(F)(F)F. The summed E-state index contributed by atoms with van der Waals surface area (Å²) in [5.74, 6) is -4.29. The van der Waals surface area contributed by atoms with Gasteiger partial charge in [0.05, 0.1) is 25.6 Å². The third-order valence-electron chi connectivity index (χ3n) is 5.34.